The number of hydrogen-bond acceptors (Lipinski definition) is 7. The number of amides is 5. The highest BCUT2D eigenvalue weighted by atomic mass is 32.2. The summed E-state index contributed by atoms with van der Waals surface area (Å²) in [6.07, 6.45) is 7.00. The SMILES string of the molecule is CCCCC(NC(=O)C1N(C(=O)C(NC(=O)NC2(CS(=O)(=O)C(C)(C)C)CCCCC2)C(C)(C)C)CC2C3C(C)(C)C213)C(=O)C(=O)NC1CC1. The summed E-state index contributed by atoms with van der Waals surface area (Å²) in [5, 5.41) is 11.6. The van der Waals surface area contributed by atoms with Gasteiger partial charge >= 0.3 is 6.03 Å². The molecular weight excluding hydrogens is 659 g/mol. The summed E-state index contributed by atoms with van der Waals surface area (Å²) < 4.78 is 25.7. The second-order valence-corrected chi connectivity index (χ2v) is 21.3. The Balaban J connectivity index is 1.36. The number of ketones is 1. The fourth-order valence-corrected chi connectivity index (χ4v) is 10.8. The van der Waals surface area contributed by atoms with Gasteiger partial charge in [-0.15, -0.1) is 0 Å². The summed E-state index contributed by atoms with van der Waals surface area (Å²) in [6.45, 7) is 17.1. The Morgan fingerprint density at radius 2 is 1.54 bits per heavy atom. The summed E-state index contributed by atoms with van der Waals surface area (Å²) in [5.74, 6) is -1.94. The van der Waals surface area contributed by atoms with Gasteiger partial charge in [0.25, 0.3) is 5.91 Å². The number of urea groups is 1. The zero-order valence-corrected chi connectivity index (χ0v) is 32.5. The Morgan fingerprint density at radius 3 is 2.06 bits per heavy atom. The van der Waals surface area contributed by atoms with Crippen LogP contribution in [-0.4, -0.2) is 89.6 Å². The number of rotatable bonds is 13. The zero-order chi connectivity index (χ0) is 37.2. The predicted octanol–water partition coefficient (Wildman–Crippen LogP) is 3.62. The maximum absolute atomic E-state index is 14.6. The van der Waals surface area contributed by atoms with E-state index < -0.39 is 78.6 Å². The van der Waals surface area contributed by atoms with Crippen LogP contribution in [-0.2, 0) is 29.0 Å². The second kappa shape index (κ2) is 13.1. The molecule has 5 amide bonds. The van der Waals surface area contributed by atoms with Crippen LogP contribution in [0, 0.1) is 28.1 Å². The van der Waals surface area contributed by atoms with Gasteiger partial charge in [-0.2, -0.15) is 0 Å². The normalized spacial score (nSPS) is 29.1. The van der Waals surface area contributed by atoms with Crippen molar-refractivity contribution in [2.24, 2.45) is 28.1 Å². The topological polar surface area (TPSA) is 171 Å². The molecule has 5 aliphatic rings. The molecule has 6 unspecified atom stereocenters. The fraction of sp³-hybridized carbons (Fsp3) is 0.865. The van der Waals surface area contributed by atoms with E-state index in [9.17, 15) is 32.4 Å². The van der Waals surface area contributed by atoms with E-state index in [-0.39, 0.29) is 29.0 Å². The molecule has 282 valence electrons. The number of carbonyl (C=O) groups excluding carboxylic acids is 5. The number of unbranched alkanes of at least 4 members (excludes halogenated alkanes) is 1. The van der Waals surface area contributed by atoms with Crippen molar-refractivity contribution in [1.82, 2.24) is 26.2 Å². The van der Waals surface area contributed by atoms with Gasteiger partial charge in [0.05, 0.1) is 22.1 Å². The van der Waals surface area contributed by atoms with Crippen LogP contribution in [0.15, 0.2) is 0 Å². The molecule has 4 N–H and O–H groups in total. The molecule has 4 saturated carbocycles. The Hall–Kier alpha value is -2.70. The molecule has 0 aromatic rings. The number of likely N-dealkylation sites (tertiary alicyclic amines) is 1. The maximum atomic E-state index is 14.6. The lowest BCUT2D eigenvalue weighted by Gasteiger charge is -2.41. The van der Waals surface area contributed by atoms with E-state index in [1.165, 1.54) is 0 Å². The molecule has 1 spiro atoms. The highest BCUT2D eigenvalue weighted by Gasteiger charge is 2.97. The van der Waals surface area contributed by atoms with Crippen molar-refractivity contribution in [3.8, 4) is 0 Å². The molecule has 1 saturated heterocycles. The van der Waals surface area contributed by atoms with Gasteiger partial charge < -0.3 is 26.2 Å². The fourth-order valence-electron chi connectivity index (χ4n) is 9.28. The van der Waals surface area contributed by atoms with Gasteiger partial charge in [0.2, 0.25) is 17.6 Å². The number of sulfone groups is 1. The van der Waals surface area contributed by atoms with Crippen molar-refractivity contribution in [3.05, 3.63) is 0 Å². The minimum atomic E-state index is -3.56. The van der Waals surface area contributed by atoms with Crippen LogP contribution in [0.1, 0.15) is 127 Å². The lowest BCUT2D eigenvalue weighted by molar-refractivity contribution is -0.145. The molecule has 1 heterocycles. The first-order chi connectivity index (χ1) is 23.0. The molecule has 50 heavy (non-hydrogen) atoms. The Labute approximate surface area is 298 Å². The quantitative estimate of drug-likeness (QED) is 0.211. The third-order valence-electron chi connectivity index (χ3n) is 12.5. The lowest BCUT2D eigenvalue weighted by Crippen LogP contribution is -2.64. The van der Waals surface area contributed by atoms with Gasteiger partial charge in [-0.3, -0.25) is 19.2 Å². The van der Waals surface area contributed by atoms with Gasteiger partial charge in [-0.1, -0.05) is 73.6 Å². The molecule has 0 bridgehead atoms. The monoisotopic (exact) mass is 719 g/mol. The predicted molar refractivity (Wildman–Crippen MR) is 191 cm³/mol. The Bertz CT molecular complexity index is 1500. The van der Waals surface area contributed by atoms with E-state index in [0.29, 0.717) is 32.2 Å². The van der Waals surface area contributed by atoms with Gasteiger partial charge in [0, 0.05) is 18.0 Å². The van der Waals surface area contributed by atoms with Crippen LogP contribution in [0.25, 0.3) is 0 Å². The molecule has 1 aliphatic heterocycles. The highest BCUT2D eigenvalue weighted by Crippen LogP contribution is 2.95. The lowest BCUT2D eigenvalue weighted by atomic mass is 9.82. The Morgan fingerprint density at radius 1 is 0.920 bits per heavy atom. The second-order valence-electron chi connectivity index (χ2n) is 18.6. The average Bonchev–Trinajstić information content (AvgIpc) is 3.96. The maximum Gasteiger partial charge on any atom is 0.315 e. The molecule has 0 radical (unpaired) electrons. The van der Waals surface area contributed by atoms with Crippen LogP contribution in [0.4, 0.5) is 4.79 Å². The molecule has 13 heteroatoms. The van der Waals surface area contributed by atoms with E-state index in [4.69, 9.17) is 0 Å². The smallest absolute Gasteiger partial charge is 0.315 e. The molecule has 5 rings (SSSR count). The average molecular weight is 720 g/mol. The molecule has 0 aromatic carbocycles. The first kappa shape index (κ1) is 38.5. The summed E-state index contributed by atoms with van der Waals surface area (Å²) in [7, 11) is -3.56. The first-order valence-corrected chi connectivity index (χ1v) is 20.5. The number of carbonyl (C=O) groups is 5. The van der Waals surface area contributed by atoms with E-state index in [0.717, 1.165) is 38.5 Å². The minimum absolute atomic E-state index is 0.00553. The summed E-state index contributed by atoms with van der Waals surface area (Å²) >= 11 is 0. The summed E-state index contributed by atoms with van der Waals surface area (Å²) in [5.41, 5.74) is -2.29. The number of fused-ring (bicyclic) bond motifs is 1. The molecule has 4 aliphatic carbocycles. The van der Waals surface area contributed by atoms with Crippen LogP contribution < -0.4 is 21.3 Å². The molecule has 6 atom stereocenters. The zero-order valence-electron chi connectivity index (χ0n) is 31.7. The minimum Gasteiger partial charge on any atom is -0.347 e. The third kappa shape index (κ3) is 6.93. The van der Waals surface area contributed by atoms with E-state index in [1.54, 1.807) is 25.7 Å². The van der Waals surface area contributed by atoms with Gasteiger partial charge in [0.1, 0.15) is 12.1 Å². The van der Waals surface area contributed by atoms with E-state index >= 15 is 0 Å². The molecule has 5 fully saturated rings. The van der Waals surface area contributed by atoms with Gasteiger partial charge in [0.15, 0.2) is 9.84 Å². The number of hydrogen-bond donors (Lipinski definition) is 4. The standard InChI is InChI=1S/C37H61N5O7S/c1-10-11-15-24(25(43)29(44)38-22-16-17-22)39-30(45)28-37-23(26(37)35(37,8)9)20-42(28)31(46)27(33(2,3)4)40-32(47)41-36(18-13-12-14-19-36)21-50(48,49)34(5,6)7/h22-24,26-28H,10-21H2,1-9H3,(H,38,44)(H,39,45)(H2,40,41,47). The van der Waals surface area contributed by atoms with Crippen molar-refractivity contribution in [1.29, 1.82) is 0 Å². The van der Waals surface area contributed by atoms with Gasteiger partial charge in [-0.25, -0.2) is 13.2 Å². The van der Waals surface area contributed by atoms with Crippen LogP contribution in [0.5, 0.6) is 0 Å². The van der Waals surface area contributed by atoms with Crippen molar-refractivity contribution >= 4 is 39.4 Å². The third-order valence-corrected chi connectivity index (χ3v) is 15.3. The van der Waals surface area contributed by atoms with Crippen molar-refractivity contribution in [2.75, 3.05) is 12.3 Å². The van der Waals surface area contributed by atoms with Gasteiger partial charge in [-0.05, 0) is 75.5 Å². The van der Waals surface area contributed by atoms with Crippen molar-refractivity contribution in [3.63, 3.8) is 0 Å². The van der Waals surface area contributed by atoms with Crippen LogP contribution >= 0.6 is 0 Å². The number of Topliss-reactive ketones (excluding diaryl/α,β-unsaturated/α-hetero) is 1. The van der Waals surface area contributed by atoms with E-state index in [2.05, 4.69) is 35.1 Å². The van der Waals surface area contributed by atoms with Crippen molar-refractivity contribution in [2.45, 2.75) is 161 Å². The Kier molecular flexibility index (Phi) is 10.1. The number of nitrogens with one attached hydrogen (secondary N) is 4. The molecular formula is C37H61N5O7S. The molecule has 0 aromatic heterocycles. The van der Waals surface area contributed by atoms with Crippen molar-refractivity contribution < 1.29 is 32.4 Å². The van der Waals surface area contributed by atoms with Crippen LogP contribution in [0.2, 0.25) is 0 Å². The number of piperidine rings is 1. The number of nitrogens with zero attached hydrogens (tertiary/aromatic N) is 1. The first-order valence-electron chi connectivity index (χ1n) is 18.8. The highest BCUT2D eigenvalue weighted by molar-refractivity contribution is 7.92. The van der Waals surface area contributed by atoms with Crippen LogP contribution in [0.3, 0.4) is 0 Å². The molecule has 12 nitrogen and oxygen atoms in total. The van der Waals surface area contributed by atoms with E-state index in [1.807, 2.05) is 27.7 Å². The summed E-state index contributed by atoms with van der Waals surface area (Å²) in [6, 6.07) is -3.46. The summed E-state index contributed by atoms with van der Waals surface area (Å²) in [4.78, 5) is 70.4. The largest absolute Gasteiger partial charge is 0.347 e.